The lowest BCUT2D eigenvalue weighted by Gasteiger charge is -2.25. The minimum Gasteiger partial charge on any atom is -0.496 e. The maximum Gasteiger partial charge on any atom is 0.125 e. The van der Waals surface area contributed by atoms with E-state index < -0.39 is 0 Å². The van der Waals surface area contributed by atoms with Crippen molar-refractivity contribution in [2.45, 2.75) is 53.0 Å². The molecule has 3 heteroatoms. The fraction of sp³-hybridized carbons (Fsp3) is 0.647. The van der Waals surface area contributed by atoms with E-state index >= 15 is 0 Å². The van der Waals surface area contributed by atoms with Gasteiger partial charge in [0.15, 0.2) is 0 Å². The minimum atomic E-state index is 0.343. The zero-order valence-electron chi connectivity index (χ0n) is 13.5. The predicted molar refractivity (Wildman–Crippen MR) is 87.0 cm³/mol. The maximum absolute atomic E-state index is 5.77. The smallest absolute Gasteiger partial charge is 0.125 e. The average molecular weight is 278 g/mol. The average Bonchev–Trinajstić information content (AvgIpc) is 2.40. The minimum absolute atomic E-state index is 0.343. The second-order valence-corrected chi connectivity index (χ2v) is 6.30. The summed E-state index contributed by atoms with van der Waals surface area (Å²) in [6.45, 7) is 8.75. The third-order valence-electron chi connectivity index (χ3n) is 3.69. The van der Waals surface area contributed by atoms with Crippen LogP contribution in [-0.4, -0.2) is 13.7 Å². The Balaban J connectivity index is 2.43. The van der Waals surface area contributed by atoms with E-state index in [1.165, 1.54) is 25.7 Å². The Morgan fingerprint density at radius 2 is 2.00 bits per heavy atom. The van der Waals surface area contributed by atoms with Crippen LogP contribution in [-0.2, 0) is 6.54 Å². The fourth-order valence-electron chi connectivity index (χ4n) is 2.38. The summed E-state index contributed by atoms with van der Waals surface area (Å²) in [6.07, 6.45) is 5.20. The van der Waals surface area contributed by atoms with Crippen LogP contribution in [0.25, 0.3) is 0 Å². The van der Waals surface area contributed by atoms with Crippen molar-refractivity contribution in [1.82, 2.24) is 5.32 Å². The Bertz CT molecular complexity index is 402. The first-order valence-electron chi connectivity index (χ1n) is 7.61. The highest BCUT2D eigenvalue weighted by molar-refractivity contribution is 5.48. The molecule has 0 heterocycles. The number of nitrogens with one attached hydrogen (secondary N) is 1. The summed E-state index contributed by atoms with van der Waals surface area (Å²) in [5, 5.41) is 3.54. The molecule has 0 saturated carbocycles. The summed E-state index contributed by atoms with van der Waals surface area (Å²) in [5.74, 6) is 0.862. The number of hydrogen-bond acceptors (Lipinski definition) is 3. The lowest BCUT2D eigenvalue weighted by atomic mass is 9.87. The monoisotopic (exact) mass is 278 g/mol. The molecule has 1 aromatic carbocycles. The first-order valence-corrected chi connectivity index (χ1v) is 7.61. The Labute approximate surface area is 123 Å². The molecule has 3 N–H and O–H groups in total. The molecule has 0 unspecified atom stereocenters. The molecule has 0 bridgehead atoms. The Morgan fingerprint density at radius 3 is 2.65 bits per heavy atom. The summed E-state index contributed by atoms with van der Waals surface area (Å²) in [4.78, 5) is 0. The van der Waals surface area contributed by atoms with Gasteiger partial charge in [0.05, 0.1) is 7.11 Å². The van der Waals surface area contributed by atoms with E-state index in [1.54, 1.807) is 7.11 Å². The second kappa shape index (κ2) is 8.15. The molecule has 3 nitrogen and oxygen atoms in total. The Kier molecular flexibility index (Phi) is 6.86. The van der Waals surface area contributed by atoms with Gasteiger partial charge in [-0.3, -0.25) is 0 Å². The topological polar surface area (TPSA) is 47.3 Å². The van der Waals surface area contributed by atoms with Crippen molar-refractivity contribution in [3.63, 3.8) is 0 Å². The van der Waals surface area contributed by atoms with Gasteiger partial charge in [-0.2, -0.15) is 0 Å². The first-order chi connectivity index (χ1) is 9.48. The summed E-state index contributed by atoms with van der Waals surface area (Å²) in [7, 11) is 1.69. The summed E-state index contributed by atoms with van der Waals surface area (Å²) in [5.41, 5.74) is 8.01. The summed E-state index contributed by atoms with van der Waals surface area (Å²) >= 11 is 0. The van der Waals surface area contributed by atoms with Crippen LogP contribution >= 0.6 is 0 Å². The quantitative estimate of drug-likeness (QED) is 0.530. The van der Waals surface area contributed by atoms with E-state index in [0.717, 1.165) is 30.1 Å². The van der Waals surface area contributed by atoms with Gasteiger partial charge < -0.3 is 15.8 Å². The molecule has 114 valence electrons. The molecule has 0 atom stereocenters. The van der Waals surface area contributed by atoms with Crippen LogP contribution < -0.4 is 15.8 Å². The normalized spacial score (nSPS) is 11.6. The van der Waals surface area contributed by atoms with Gasteiger partial charge in [0.1, 0.15) is 5.75 Å². The summed E-state index contributed by atoms with van der Waals surface area (Å²) < 4.78 is 5.37. The van der Waals surface area contributed by atoms with Gasteiger partial charge in [-0.15, -0.1) is 0 Å². The van der Waals surface area contributed by atoms with Crippen molar-refractivity contribution in [3.05, 3.63) is 23.8 Å². The second-order valence-electron chi connectivity index (χ2n) is 6.30. The zero-order chi connectivity index (χ0) is 15.0. The summed E-state index contributed by atoms with van der Waals surface area (Å²) in [6, 6.07) is 5.83. The van der Waals surface area contributed by atoms with E-state index in [0.29, 0.717) is 5.41 Å². The highest BCUT2D eigenvalue weighted by Gasteiger charge is 2.16. The van der Waals surface area contributed by atoms with Crippen molar-refractivity contribution >= 4 is 5.69 Å². The maximum atomic E-state index is 5.77. The molecule has 0 saturated heterocycles. The molecular formula is C17H30N2O. The van der Waals surface area contributed by atoms with Crippen LogP contribution in [0, 0.1) is 5.41 Å². The fourth-order valence-corrected chi connectivity index (χ4v) is 2.38. The number of anilines is 1. The lowest BCUT2D eigenvalue weighted by Crippen LogP contribution is -2.29. The van der Waals surface area contributed by atoms with Crippen LogP contribution in [0.1, 0.15) is 52.0 Å². The van der Waals surface area contributed by atoms with Gasteiger partial charge in [-0.25, -0.2) is 0 Å². The molecule has 0 spiro atoms. The van der Waals surface area contributed by atoms with Crippen molar-refractivity contribution in [2.75, 3.05) is 19.4 Å². The van der Waals surface area contributed by atoms with Crippen LogP contribution in [0.15, 0.2) is 18.2 Å². The zero-order valence-corrected chi connectivity index (χ0v) is 13.5. The number of ether oxygens (including phenoxy) is 1. The van der Waals surface area contributed by atoms with Crippen LogP contribution in [0.2, 0.25) is 0 Å². The van der Waals surface area contributed by atoms with Crippen molar-refractivity contribution in [1.29, 1.82) is 0 Å². The van der Waals surface area contributed by atoms with Gasteiger partial charge in [0.25, 0.3) is 0 Å². The lowest BCUT2D eigenvalue weighted by molar-refractivity contribution is 0.301. The van der Waals surface area contributed by atoms with Crippen LogP contribution in [0.3, 0.4) is 0 Å². The number of benzene rings is 1. The van der Waals surface area contributed by atoms with E-state index in [1.807, 2.05) is 18.2 Å². The molecule has 20 heavy (non-hydrogen) atoms. The number of unbranched alkanes of at least 4 members (excludes halogenated alkanes) is 2. The molecule has 0 amide bonds. The van der Waals surface area contributed by atoms with Crippen LogP contribution in [0.5, 0.6) is 5.75 Å². The largest absolute Gasteiger partial charge is 0.496 e. The third kappa shape index (κ3) is 5.83. The van der Waals surface area contributed by atoms with Gasteiger partial charge in [-0.1, -0.05) is 46.1 Å². The highest BCUT2D eigenvalue weighted by atomic mass is 16.5. The number of nitrogen functional groups attached to an aromatic ring is 1. The molecule has 0 aliphatic heterocycles. The first kappa shape index (κ1) is 16.8. The van der Waals surface area contributed by atoms with E-state index in [9.17, 15) is 0 Å². The standard InChI is InChI=1S/C17H30N2O/c1-5-6-7-10-17(2,3)13-19-12-14-8-9-15(18)11-16(14)20-4/h8-9,11,19H,5-7,10,12-13,18H2,1-4H3. The van der Waals surface area contributed by atoms with Crippen LogP contribution in [0.4, 0.5) is 5.69 Å². The van der Waals surface area contributed by atoms with Crippen molar-refractivity contribution in [3.8, 4) is 5.75 Å². The number of nitrogens with two attached hydrogens (primary N) is 1. The molecule has 0 fully saturated rings. The molecule has 0 aromatic heterocycles. The molecule has 1 rings (SSSR count). The van der Waals surface area contributed by atoms with Gasteiger partial charge >= 0.3 is 0 Å². The van der Waals surface area contributed by atoms with Crippen molar-refractivity contribution < 1.29 is 4.74 Å². The highest BCUT2D eigenvalue weighted by Crippen LogP contribution is 2.24. The molecule has 0 radical (unpaired) electrons. The van der Waals surface area contributed by atoms with Gasteiger partial charge in [-0.05, 0) is 17.9 Å². The van der Waals surface area contributed by atoms with E-state index in [4.69, 9.17) is 10.5 Å². The van der Waals surface area contributed by atoms with Gasteiger partial charge in [0, 0.05) is 30.4 Å². The Hall–Kier alpha value is -1.22. The molecular weight excluding hydrogens is 248 g/mol. The number of hydrogen-bond donors (Lipinski definition) is 2. The molecule has 1 aromatic rings. The third-order valence-corrected chi connectivity index (χ3v) is 3.69. The predicted octanol–water partition coefficient (Wildman–Crippen LogP) is 3.97. The molecule has 0 aliphatic carbocycles. The van der Waals surface area contributed by atoms with Crippen molar-refractivity contribution in [2.24, 2.45) is 5.41 Å². The Morgan fingerprint density at radius 1 is 1.25 bits per heavy atom. The van der Waals surface area contributed by atoms with E-state index in [2.05, 4.69) is 26.1 Å². The van der Waals surface area contributed by atoms with E-state index in [-0.39, 0.29) is 0 Å². The number of methoxy groups -OCH3 is 1. The SMILES string of the molecule is CCCCCC(C)(C)CNCc1ccc(N)cc1OC. The number of rotatable bonds is 9. The van der Waals surface area contributed by atoms with Gasteiger partial charge in [0.2, 0.25) is 0 Å². The molecule has 0 aliphatic rings.